The molecule has 1 aromatic carbocycles. The van der Waals surface area contributed by atoms with E-state index in [-0.39, 0.29) is 5.91 Å². The third kappa shape index (κ3) is 2.83. The van der Waals surface area contributed by atoms with Crippen molar-refractivity contribution in [3.8, 4) is 0 Å². The number of anilines is 2. The molecule has 1 aliphatic rings. The highest BCUT2D eigenvalue weighted by atomic mass is 79.9. The molecule has 3 N–H and O–H groups in total. The lowest BCUT2D eigenvalue weighted by molar-refractivity contribution is -0.116. The summed E-state index contributed by atoms with van der Waals surface area (Å²) in [5.41, 5.74) is 8.69. The van der Waals surface area contributed by atoms with Crippen LogP contribution in [-0.4, -0.2) is 19.0 Å². The van der Waals surface area contributed by atoms with Crippen LogP contribution in [0.25, 0.3) is 0 Å². The first-order chi connectivity index (χ1) is 9.47. The van der Waals surface area contributed by atoms with Crippen LogP contribution in [-0.2, 0) is 4.79 Å². The number of amides is 1. The number of fused-ring (bicyclic) bond motifs is 1. The van der Waals surface area contributed by atoms with Crippen LogP contribution in [0.15, 0.2) is 16.6 Å². The summed E-state index contributed by atoms with van der Waals surface area (Å²) in [5, 5.41) is 2.85. The maximum absolute atomic E-state index is 11.7. The minimum atomic E-state index is -0.556. The van der Waals surface area contributed by atoms with Crippen molar-refractivity contribution in [1.29, 1.82) is 0 Å². The number of rotatable bonds is 5. The monoisotopic (exact) mass is 339 g/mol. The fourth-order valence-electron chi connectivity index (χ4n) is 2.44. The number of nitrogens with two attached hydrogens (primary N) is 1. The number of carbonyl (C=O) groups is 1. The minimum Gasteiger partial charge on any atom is -0.371 e. The quantitative estimate of drug-likeness (QED) is 0.865. The van der Waals surface area contributed by atoms with E-state index >= 15 is 0 Å². The van der Waals surface area contributed by atoms with E-state index in [9.17, 15) is 4.79 Å². The molecule has 0 saturated heterocycles. The fraction of sp³-hybridized carbons (Fsp3) is 0.533. The molecule has 0 bridgehead atoms. The SMILES string of the molecule is CCC(C)CN(CC)c1cc2c(cc1Br)C(N)C(=O)N2. The first kappa shape index (κ1) is 15.3. The van der Waals surface area contributed by atoms with E-state index in [2.05, 4.69) is 46.9 Å². The van der Waals surface area contributed by atoms with Crippen LogP contribution in [0.2, 0.25) is 0 Å². The zero-order valence-corrected chi connectivity index (χ0v) is 13.8. The molecule has 4 nitrogen and oxygen atoms in total. The summed E-state index contributed by atoms with van der Waals surface area (Å²) < 4.78 is 0.994. The number of nitrogens with one attached hydrogen (secondary N) is 1. The van der Waals surface area contributed by atoms with Gasteiger partial charge in [-0.1, -0.05) is 20.3 Å². The largest absolute Gasteiger partial charge is 0.371 e. The van der Waals surface area contributed by atoms with Gasteiger partial charge in [0.05, 0.1) is 5.69 Å². The van der Waals surface area contributed by atoms with Gasteiger partial charge in [-0.15, -0.1) is 0 Å². The number of hydrogen-bond acceptors (Lipinski definition) is 3. The summed E-state index contributed by atoms with van der Waals surface area (Å²) >= 11 is 3.61. The van der Waals surface area contributed by atoms with Crippen molar-refractivity contribution in [2.45, 2.75) is 33.2 Å². The molecule has 20 heavy (non-hydrogen) atoms. The third-order valence-corrected chi connectivity index (χ3v) is 4.58. The van der Waals surface area contributed by atoms with Crippen LogP contribution in [0, 0.1) is 5.92 Å². The van der Waals surface area contributed by atoms with Gasteiger partial charge < -0.3 is 16.0 Å². The van der Waals surface area contributed by atoms with E-state index in [1.807, 2.05) is 12.1 Å². The molecule has 0 aliphatic carbocycles. The van der Waals surface area contributed by atoms with E-state index in [1.165, 1.54) is 0 Å². The Bertz CT molecular complexity index is 518. The summed E-state index contributed by atoms with van der Waals surface area (Å²) in [6, 6.07) is 3.43. The Labute approximate surface area is 128 Å². The molecule has 5 heteroatoms. The summed E-state index contributed by atoms with van der Waals surface area (Å²) in [7, 11) is 0. The molecule has 2 unspecified atom stereocenters. The van der Waals surface area contributed by atoms with Gasteiger partial charge in [-0.25, -0.2) is 0 Å². The average molecular weight is 340 g/mol. The summed E-state index contributed by atoms with van der Waals surface area (Å²) in [6.45, 7) is 8.54. The van der Waals surface area contributed by atoms with Crippen molar-refractivity contribution in [3.05, 3.63) is 22.2 Å². The Balaban J connectivity index is 2.33. The van der Waals surface area contributed by atoms with Crippen molar-refractivity contribution in [3.63, 3.8) is 0 Å². The van der Waals surface area contributed by atoms with Gasteiger partial charge >= 0.3 is 0 Å². The van der Waals surface area contributed by atoms with Crippen molar-refractivity contribution >= 4 is 33.2 Å². The number of nitrogens with zero attached hydrogens (tertiary/aromatic N) is 1. The van der Waals surface area contributed by atoms with Crippen molar-refractivity contribution in [2.24, 2.45) is 11.7 Å². The van der Waals surface area contributed by atoms with Gasteiger partial charge in [0.2, 0.25) is 5.91 Å². The van der Waals surface area contributed by atoms with Crippen molar-refractivity contribution < 1.29 is 4.79 Å². The van der Waals surface area contributed by atoms with Crippen molar-refractivity contribution in [2.75, 3.05) is 23.3 Å². The maximum atomic E-state index is 11.7. The Morgan fingerprint density at radius 2 is 2.15 bits per heavy atom. The molecule has 2 atom stereocenters. The molecule has 1 amide bonds. The van der Waals surface area contributed by atoms with Gasteiger partial charge in [0.1, 0.15) is 6.04 Å². The molecule has 0 spiro atoms. The first-order valence-electron chi connectivity index (χ1n) is 7.12. The number of benzene rings is 1. The molecule has 1 aliphatic heterocycles. The summed E-state index contributed by atoms with van der Waals surface area (Å²) in [5.74, 6) is 0.501. The van der Waals surface area contributed by atoms with E-state index < -0.39 is 6.04 Å². The lowest BCUT2D eigenvalue weighted by Gasteiger charge is -2.27. The predicted octanol–water partition coefficient (Wildman–Crippen LogP) is 3.27. The minimum absolute atomic E-state index is 0.131. The zero-order valence-electron chi connectivity index (χ0n) is 12.2. The second kappa shape index (κ2) is 6.14. The zero-order chi connectivity index (χ0) is 14.9. The molecular weight excluding hydrogens is 318 g/mol. The normalized spacial score (nSPS) is 18.6. The predicted molar refractivity (Wildman–Crippen MR) is 87.0 cm³/mol. The summed E-state index contributed by atoms with van der Waals surface area (Å²) in [4.78, 5) is 14.0. The number of halogens is 1. The molecule has 0 aromatic heterocycles. The smallest absolute Gasteiger partial charge is 0.245 e. The van der Waals surface area contributed by atoms with Crippen molar-refractivity contribution in [1.82, 2.24) is 0 Å². The fourth-order valence-corrected chi connectivity index (χ4v) is 3.05. The van der Waals surface area contributed by atoms with Crippen LogP contribution >= 0.6 is 15.9 Å². The highest BCUT2D eigenvalue weighted by Crippen LogP contribution is 2.38. The Hall–Kier alpha value is -1.07. The van der Waals surface area contributed by atoms with Crippen LogP contribution in [0.5, 0.6) is 0 Å². The van der Waals surface area contributed by atoms with Gasteiger partial charge in [0, 0.05) is 28.8 Å². The molecule has 0 radical (unpaired) electrons. The van der Waals surface area contributed by atoms with Gasteiger partial charge in [-0.2, -0.15) is 0 Å². The molecule has 110 valence electrons. The van der Waals surface area contributed by atoms with Gasteiger partial charge in [0.15, 0.2) is 0 Å². The standard InChI is InChI=1S/C15H22BrN3O/c1-4-9(3)8-19(5-2)13-7-12-10(6-11(13)16)14(17)15(20)18-12/h6-7,9,14H,4-5,8,17H2,1-3H3,(H,18,20). The van der Waals surface area contributed by atoms with E-state index in [0.29, 0.717) is 5.92 Å². The topological polar surface area (TPSA) is 58.4 Å². The molecule has 2 rings (SSSR count). The van der Waals surface area contributed by atoms with Gasteiger partial charge in [-0.05, 0) is 40.9 Å². The third-order valence-electron chi connectivity index (χ3n) is 3.95. The Morgan fingerprint density at radius 1 is 1.45 bits per heavy atom. The molecular formula is C15H22BrN3O. The second-order valence-electron chi connectivity index (χ2n) is 5.41. The second-order valence-corrected chi connectivity index (χ2v) is 6.26. The number of hydrogen-bond donors (Lipinski definition) is 2. The Kier molecular flexibility index (Phi) is 4.70. The summed E-state index contributed by atoms with van der Waals surface area (Å²) in [6.07, 6.45) is 1.15. The van der Waals surface area contributed by atoms with E-state index in [0.717, 1.165) is 40.9 Å². The van der Waals surface area contributed by atoms with Crippen LogP contribution in [0.3, 0.4) is 0 Å². The average Bonchev–Trinajstić information content (AvgIpc) is 2.70. The molecule has 0 saturated carbocycles. The van der Waals surface area contributed by atoms with Gasteiger partial charge in [-0.3, -0.25) is 4.79 Å². The lowest BCUT2D eigenvalue weighted by atomic mass is 10.1. The molecule has 1 heterocycles. The van der Waals surface area contributed by atoms with Gasteiger partial charge in [0.25, 0.3) is 0 Å². The Morgan fingerprint density at radius 3 is 2.75 bits per heavy atom. The van der Waals surface area contributed by atoms with Crippen LogP contribution < -0.4 is 16.0 Å². The van der Waals surface area contributed by atoms with E-state index in [4.69, 9.17) is 5.73 Å². The number of carbonyl (C=O) groups excluding carboxylic acids is 1. The molecule has 0 fully saturated rings. The van der Waals surface area contributed by atoms with E-state index in [1.54, 1.807) is 0 Å². The molecule has 1 aromatic rings. The first-order valence-corrected chi connectivity index (χ1v) is 7.92. The maximum Gasteiger partial charge on any atom is 0.245 e. The van der Waals surface area contributed by atoms with Crippen LogP contribution in [0.1, 0.15) is 38.8 Å². The highest BCUT2D eigenvalue weighted by Gasteiger charge is 2.28. The lowest BCUT2D eigenvalue weighted by Crippen LogP contribution is -2.28. The van der Waals surface area contributed by atoms with Crippen LogP contribution in [0.4, 0.5) is 11.4 Å². The highest BCUT2D eigenvalue weighted by molar-refractivity contribution is 9.10.